The zero-order valence-corrected chi connectivity index (χ0v) is 21.8. The average molecular weight is 547 g/mol. The number of methoxy groups -OCH3 is 1. The first-order valence-corrected chi connectivity index (χ1v) is 12.4. The van der Waals surface area contributed by atoms with Crippen molar-refractivity contribution in [3.8, 4) is 5.75 Å². The summed E-state index contributed by atoms with van der Waals surface area (Å²) in [4.78, 5) is 44.7. The molecule has 1 aliphatic rings. The molecule has 3 heterocycles. The largest absolute Gasteiger partial charge is 0.503 e. The molecule has 10 heteroatoms. The lowest BCUT2D eigenvalue weighted by molar-refractivity contribution is -0.142. The molecule has 1 amide bonds. The van der Waals surface area contributed by atoms with Gasteiger partial charge in [0.05, 0.1) is 31.4 Å². The van der Waals surface area contributed by atoms with Gasteiger partial charge in [0.2, 0.25) is 5.78 Å². The van der Waals surface area contributed by atoms with Crippen LogP contribution >= 0.6 is 11.6 Å². The van der Waals surface area contributed by atoms with Gasteiger partial charge in [0.15, 0.2) is 22.9 Å². The van der Waals surface area contributed by atoms with Crippen LogP contribution in [0.2, 0.25) is 5.02 Å². The highest BCUT2D eigenvalue weighted by Gasteiger charge is 2.46. The van der Waals surface area contributed by atoms with E-state index in [4.69, 9.17) is 25.5 Å². The van der Waals surface area contributed by atoms with Gasteiger partial charge in [-0.1, -0.05) is 29.8 Å². The van der Waals surface area contributed by atoms with Crippen LogP contribution in [0.15, 0.2) is 82.6 Å². The zero-order chi connectivity index (χ0) is 27.7. The highest BCUT2D eigenvalue weighted by molar-refractivity contribution is 6.31. The third-order valence-corrected chi connectivity index (χ3v) is 6.50. The number of aliphatic hydroxyl groups excluding tert-OH is 1. The Morgan fingerprint density at radius 3 is 2.56 bits per heavy atom. The first-order valence-electron chi connectivity index (χ1n) is 12.1. The van der Waals surface area contributed by atoms with E-state index in [1.165, 1.54) is 24.3 Å². The third kappa shape index (κ3) is 4.84. The van der Waals surface area contributed by atoms with Gasteiger partial charge in [-0.05, 0) is 48.9 Å². The molecule has 2 aromatic heterocycles. The fraction of sp³-hybridized carbons (Fsp3) is 0.172. The van der Waals surface area contributed by atoms with Crippen LogP contribution < -0.4 is 9.64 Å². The van der Waals surface area contributed by atoms with E-state index in [0.717, 1.165) is 0 Å². The summed E-state index contributed by atoms with van der Waals surface area (Å²) in [5.74, 6) is -2.31. The molecule has 198 valence electrons. The molecule has 2 aromatic carbocycles. The molecule has 1 atom stereocenters. The van der Waals surface area contributed by atoms with Gasteiger partial charge < -0.3 is 19.0 Å². The van der Waals surface area contributed by atoms with Gasteiger partial charge in [0.1, 0.15) is 6.04 Å². The molecule has 0 fully saturated rings. The maximum atomic E-state index is 13.8. The summed E-state index contributed by atoms with van der Waals surface area (Å²) >= 11 is 6.16. The molecule has 0 radical (unpaired) electrons. The summed E-state index contributed by atoms with van der Waals surface area (Å²) < 4.78 is 16.1. The number of aliphatic hydroxyl groups is 1. The van der Waals surface area contributed by atoms with Crippen molar-refractivity contribution in [1.82, 2.24) is 4.98 Å². The van der Waals surface area contributed by atoms with Crippen LogP contribution in [0, 0.1) is 0 Å². The van der Waals surface area contributed by atoms with Crippen molar-refractivity contribution >= 4 is 45.9 Å². The van der Waals surface area contributed by atoms with E-state index in [-0.39, 0.29) is 30.3 Å². The Hall–Kier alpha value is -4.63. The SMILES string of the molecule is CCOC(=O)Cc1ccc(N2C(=O)C(O)=C(C(=O)c3cc4cc(Cl)cc(OC)c4o3)C2c2ccccn2)cc1. The van der Waals surface area contributed by atoms with Gasteiger partial charge in [-0.2, -0.15) is 0 Å². The van der Waals surface area contributed by atoms with Gasteiger partial charge in [0.25, 0.3) is 5.91 Å². The molecule has 4 aromatic rings. The number of hydrogen-bond acceptors (Lipinski definition) is 8. The molecule has 0 saturated carbocycles. The van der Waals surface area contributed by atoms with Crippen LogP contribution in [-0.2, 0) is 20.7 Å². The Bertz CT molecular complexity index is 1610. The van der Waals surface area contributed by atoms with Crippen LogP contribution in [0.5, 0.6) is 5.75 Å². The highest BCUT2D eigenvalue weighted by atomic mass is 35.5. The van der Waals surface area contributed by atoms with E-state index in [9.17, 15) is 19.5 Å². The average Bonchev–Trinajstić information content (AvgIpc) is 3.47. The normalized spacial score (nSPS) is 15.2. The first-order chi connectivity index (χ1) is 18.8. The number of carbonyl (C=O) groups is 3. The maximum absolute atomic E-state index is 13.8. The number of benzene rings is 2. The highest BCUT2D eigenvalue weighted by Crippen LogP contribution is 2.42. The molecule has 1 unspecified atom stereocenters. The van der Waals surface area contributed by atoms with Crippen LogP contribution in [0.1, 0.15) is 34.8 Å². The topological polar surface area (TPSA) is 119 Å². The monoisotopic (exact) mass is 546 g/mol. The lowest BCUT2D eigenvalue weighted by Gasteiger charge is -2.26. The summed E-state index contributed by atoms with van der Waals surface area (Å²) in [6, 6.07) is 15.3. The molecule has 39 heavy (non-hydrogen) atoms. The minimum Gasteiger partial charge on any atom is -0.503 e. The second-order valence-electron chi connectivity index (χ2n) is 8.71. The van der Waals surface area contributed by atoms with Crippen molar-refractivity contribution in [2.45, 2.75) is 19.4 Å². The fourth-order valence-electron chi connectivity index (χ4n) is 4.56. The summed E-state index contributed by atoms with van der Waals surface area (Å²) in [5, 5.41) is 11.9. The van der Waals surface area contributed by atoms with Crippen LogP contribution in [-0.4, -0.2) is 41.5 Å². The first kappa shape index (κ1) is 26.0. The number of fused-ring (bicyclic) bond motifs is 1. The van der Waals surface area contributed by atoms with Crippen LogP contribution in [0.25, 0.3) is 11.0 Å². The van der Waals surface area contributed by atoms with Crippen molar-refractivity contribution in [3.63, 3.8) is 0 Å². The Balaban J connectivity index is 1.56. The van der Waals surface area contributed by atoms with Gasteiger partial charge in [-0.25, -0.2) is 0 Å². The number of ether oxygens (including phenoxy) is 2. The number of aromatic nitrogens is 1. The number of ketones is 1. The number of amides is 1. The zero-order valence-electron chi connectivity index (χ0n) is 21.0. The predicted octanol–water partition coefficient (Wildman–Crippen LogP) is 5.38. The standard InChI is InChI=1S/C29H23ClN2O7/c1-3-38-23(33)12-16-7-9-19(10-8-16)32-25(20-6-4-5-11-31-20)24(27(35)29(32)36)26(34)21-14-17-13-18(30)15-22(37-2)28(17)39-21/h4-11,13-15,25,35H,3,12H2,1-2H3. The number of esters is 1. The van der Waals surface area contributed by atoms with Crippen LogP contribution in [0.3, 0.4) is 0 Å². The van der Waals surface area contributed by atoms with Gasteiger partial charge >= 0.3 is 5.97 Å². The van der Waals surface area contributed by atoms with Crippen molar-refractivity contribution < 1.29 is 33.4 Å². The number of carbonyl (C=O) groups excluding carboxylic acids is 3. The second-order valence-corrected chi connectivity index (χ2v) is 9.15. The quantitative estimate of drug-likeness (QED) is 0.231. The van der Waals surface area contributed by atoms with Gasteiger partial charge in [-0.3, -0.25) is 24.3 Å². The van der Waals surface area contributed by atoms with E-state index in [1.54, 1.807) is 61.5 Å². The number of furan rings is 1. The third-order valence-electron chi connectivity index (χ3n) is 6.28. The van der Waals surface area contributed by atoms with Crippen LogP contribution in [0.4, 0.5) is 5.69 Å². The number of nitrogens with zero attached hydrogens (tertiary/aromatic N) is 2. The number of anilines is 1. The lowest BCUT2D eigenvalue weighted by Crippen LogP contribution is -2.31. The lowest BCUT2D eigenvalue weighted by atomic mass is 9.98. The number of rotatable bonds is 8. The van der Waals surface area contributed by atoms with E-state index >= 15 is 0 Å². The Morgan fingerprint density at radius 2 is 1.90 bits per heavy atom. The molecule has 1 N–H and O–H groups in total. The molecule has 0 bridgehead atoms. The second kappa shape index (κ2) is 10.6. The number of Topliss-reactive ketones (excluding diaryl/α,β-unsaturated/α-hetero) is 1. The fourth-order valence-corrected chi connectivity index (χ4v) is 4.77. The molecule has 0 spiro atoms. The van der Waals surface area contributed by atoms with E-state index in [1.807, 2.05) is 0 Å². The number of halogens is 1. The molecule has 9 nitrogen and oxygen atoms in total. The molecule has 0 saturated heterocycles. The smallest absolute Gasteiger partial charge is 0.310 e. The Kier molecular flexibility index (Phi) is 7.08. The van der Waals surface area contributed by atoms with Crippen molar-refractivity contribution in [2.24, 2.45) is 0 Å². The van der Waals surface area contributed by atoms with Gasteiger partial charge in [-0.15, -0.1) is 0 Å². The Morgan fingerprint density at radius 1 is 1.13 bits per heavy atom. The molecule has 5 rings (SSSR count). The van der Waals surface area contributed by atoms with Gasteiger partial charge in [0, 0.05) is 28.4 Å². The van der Waals surface area contributed by atoms with E-state index in [2.05, 4.69) is 4.98 Å². The number of hydrogen-bond donors (Lipinski definition) is 1. The number of pyridine rings is 1. The summed E-state index contributed by atoms with van der Waals surface area (Å²) in [6.45, 7) is 2.00. The maximum Gasteiger partial charge on any atom is 0.310 e. The molecular weight excluding hydrogens is 524 g/mol. The van der Waals surface area contributed by atoms with Crippen molar-refractivity contribution in [1.29, 1.82) is 0 Å². The minimum atomic E-state index is -1.04. The summed E-state index contributed by atoms with van der Waals surface area (Å²) in [5.41, 5.74) is 1.57. The van der Waals surface area contributed by atoms with E-state index in [0.29, 0.717) is 38.7 Å². The predicted molar refractivity (Wildman–Crippen MR) is 143 cm³/mol. The van der Waals surface area contributed by atoms with E-state index < -0.39 is 23.5 Å². The minimum absolute atomic E-state index is 0.0680. The van der Waals surface area contributed by atoms with Crippen molar-refractivity contribution in [2.75, 3.05) is 18.6 Å². The summed E-state index contributed by atoms with van der Waals surface area (Å²) in [7, 11) is 1.45. The summed E-state index contributed by atoms with van der Waals surface area (Å²) in [6.07, 6.45) is 1.60. The molecular formula is C29H23ClN2O7. The Labute approximate surface area is 228 Å². The van der Waals surface area contributed by atoms with Crippen molar-refractivity contribution in [3.05, 3.63) is 100 Å². The molecule has 1 aliphatic heterocycles. The molecule has 0 aliphatic carbocycles.